The zero-order valence-corrected chi connectivity index (χ0v) is 13.2. The van der Waals surface area contributed by atoms with E-state index in [0.717, 1.165) is 0 Å². The van der Waals surface area contributed by atoms with Crippen LogP contribution in [0.5, 0.6) is 0 Å². The van der Waals surface area contributed by atoms with Crippen molar-refractivity contribution >= 4 is 43.7 Å². The second-order valence-corrected chi connectivity index (χ2v) is 7.65. The van der Waals surface area contributed by atoms with E-state index in [2.05, 4.69) is 0 Å². The highest BCUT2D eigenvalue weighted by Gasteiger charge is 2.11. The van der Waals surface area contributed by atoms with Crippen LogP contribution < -0.4 is 0 Å². The summed E-state index contributed by atoms with van der Waals surface area (Å²) in [6, 6.07) is 13.6. The Balaban J connectivity index is 2.22. The highest BCUT2D eigenvalue weighted by molar-refractivity contribution is 8.76. The largest absolute Gasteiger partial charge is 0.302 e. The van der Waals surface area contributed by atoms with Crippen LogP contribution in [0.4, 0.5) is 0 Å². The Morgan fingerprint density at radius 2 is 1.05 bits per heavy atom. The van der Waals surface area contributed by atoms with Crippen molar-refractivity contribution in [2.24, 2.45) is 0 Å². The molecule has 0 saturated heterocycles. The Kier molecular flexibility index (Phi) is 5.82. The Bertz CT molecular complexity index is 602. The quantitative estimate of drug-likeness (QED) is 0.636. The van der Waals surface area contributed by atoms with E-state index >= 15 is 0 Å². The van der Waals surface area contributed by atoms with Crippen LogP contribution in [-0.4, -0.2) is 17.5 Å². The monoisotopic (exact) mass is 346 g/mol. The molecule has 20 heavy (non-hydrogen) atoms. The van der Waals surface area contributed by atoms with Gasteiger partial charge >= 0.3 is 0 Å². The van der Waals surface area contributed by atoms with E-state index in [1.54, 1.807) is 48.5 Å². The molecular weight excluding hydrogens is 336 g/mol. The first-order chi connectivity index (χ1) is 9.59. The third kappa shape index (κ3) is 3.94. The maximum Gasteiger partial charge on any atom is 0.187 e. The molecule has 2 aromatic carbocycles. The van der Waals surface area contributed by atoms with Gasteiger partial charge in [0.15, 0.2) is 22.2 Å². The van der Waals surface area contributed by atoms with E-state index in [1.807, 2.05) is 0 Å². The van der Waals surface area contributed by atoms with E-state index in [9.17, 15) is 17.5 Å². The second kappa shape index (κ2) is 7.39. The van der Waals surface area contributed by atoms with Gasteiger partial charge in [0.25, 0.3) is 0 Å². The van der Waals surface area contributed by atoms with E-state index in [1.165, 1.54) is 21.6 Å². The third-order valence-electron chi connectivity index (χ3n) is 2.30. The topological polar surface area (TPSA) is 74.6 Å². The van der Waals surface area contributed by atoms with Crippen LogP contribution in [0, 0.1) is 0 Å². The normalized spacial score (nSPS) is 13.9. The summed E-state index contributed by atoms with van der Waals surface area (Å²) in [7, 11) is 2.56. The van der Waals surface area contributed by atoms with Crippen molar-refractivity contribution < 1.29 is 17.5 Å². The van der Waals surface area contributed by atoms with Gasteiger partial charge in [-0.1, -0.05) is 45.9 Å². The van der Waals surface area contributed by atoms with E-state index in [-0.39, 0.29) is 0 Å². The van der Waals surface area contributed by atoms with Gasteiger partial charge in [-0.15, -0.1) is 0 Å². The van der Waals surface area contributed by atoms with E-state index in [4.69, 9.17) is 0 Å². The molecule has 0 amide bonds. The van der Waals surface area contributed by atoms with Crippen molar-refractivity contribution in [2.45, 2.75) is 19.6 Å². The molecule has 8 heteroatoms. The first-order valence-corrected chi connectivity index (χ1v) is 9.70. The molecule has 0 aliphatic carbocycles. The molecule has 2 unspecified atom stereocenters. The zero-order chi connectivity index (χ0) is 14.5. The van der Waals surface area contributed by atoms with Crippen LogP contribution in [0.2, 0.25) is 0 Å². The average Bonchev–Trinajstić information content (AvgIpc) is 2.45. The van der Waals surface area contributed by atoms with Gasteiger partial charge in [0, 0.05) is 9.79 Å². The molecule has 0 fully saturated rings. The number of benzene rings is 2. The number of hydrogen-bond donors (Lipinski definition) is 2. The van der Waals surface area contributed by atoms with Crippen LogP contribution in [0.15, 0.2) is 68.1 Å². The van der Waals surface area contributed by atoms with E-state index < -0.39 is 22.2 Å². The molecule has 2 atom stereocenters. The summed E-state index contributed by atoms with van der Waals surface area (Å²) in [5.74, 6) is 0. The molecule has 0 spiro atoms. The SMILES string of the molecule is O=S(O)c1ccccc1SSc1ccccc1S(=O)O. The first kappa shape index (κ1) is 15.7. The number of hydrogen-bond acceptors (Lipinski definition) is 4. The minimum atomic E-state index is -2.06. The molecule has 0 bridgehead atoms. The lowest BCUT2D eigenvalue weighted by atomic mass is 10.4. The fourth-order valence-electron chi connectivity index (χ4n) is 1.42. The van der Waals surface area contributed by atoms with Gasteiger partial charge in [-0.3, -0.25) is 0 Å². The van der Waals surface area contributed by atoms with Gasteiger partial charge in [-0.05, 0) is 24.3 Å². The van der Waals surface area contributed by atoms with Crippen molar-refractivity contribution in [3.05, 3.63) is 48.5 Å². The Labute approximate surface area is 129 Å². The van der Waals surface area contributed by atoms with Gasteiger partial charge in [-0.25, -0.2) is 8.42 Å². The second-order valence-electron chi connectivity index (χ2n) is 3.56. The van der Waals surface area contributed by atoms with Crippen LogP contribution in [-0.2, 0) is 22.2 Å². The molecule has 0 aromatic heterocycles. The highest BCUT2D eigenvalue weighted by atomic mass is 33.1. The molecule has 2 aromatic rings. The predicted octanol–water partition coefficient (Wildman–Crippen LogP) is 3.65. The molecule has 0 saturated carbocycles. The van der Waals surface area contributed by atoms with Gasteiger partial charge in [0.1, 0.15) is 0 Å². The fraction of sp³-hybridized carbons (Fsp3) is 0. The first-order valence-electron chi connectivity index (χ1n) is 5.34. The van der Waals surface area contributed by atoms with Gasteiger partial charge in [-0.2, -0.15) is 0 Å². The zero-order valence-electron chi connectivity index (χ0n) is 9.96. The molecule has 4 nitrogen and oxygen atoms in total. The lowest BCUT2D eigenvalue weighted by Gasteiger charge is -2.07. The summed E-state index contributed by atoms with van der Waals surface area (Å²) in [6.07, 6.45) is 0. The summed E-state index contributed by atoms with van der Waals surface area (Å²) in [4.78, 5) is 1.95. The molecule has 106 valence electrons. The van der Waals surface area contributed by atoms with Crippen LogP contribution in [0.3, 0.4) is 0 Å². The Hall–Kier alpha value is -0.640. The molecular formula is C12H10O4S4. The molecule has 2 rings (SSSR count). The lowest BCUT2D eigenvalue weighted by Crippen LogP contribution is -1.91. The summed E-state index contributed by atoms with van der Waals surface area (Å²) in [5, 5.41) is 0. The third-order valence-corrected chi connectivity index (χ3v) is 6.50. The molecule has 2 N–H and O–H groups in total. The van der Waals surface area contributed by atoms with Crippen molar-refractivity contribution in [1.82, 2.24) is 0 Å². The van der Waals surface area contributed by atoms with Gasteiger partial charge in [0.2, 0.25) is 0 Å². The maximum atomic E-state index is 11.2. The maximum absolute atomic E-state index is 11.2. The predicted molar refractivity (Wildman–Crippen MR) is 82.7 cm³/mol. The summed E-state index contributed by atoms with van der Waals surface area (Å²) < 4.78 is 40.8. The lowest BCUT2D eigenvalue weighted by molar-refractivity contribution is 0.560. The van der Waals surface area contributed by atoms with Gasteiger partial charge < -0.3 is 9.11 Å². The smallest absolute Gasteiger partial charge is 0.187 e. The Morgan fingerprint density at radius 1 is 0.700 bits per heavy atom. The number of rotatable bonds is 5. The van der Waals surface area contributed by atoms with Crippen molar-refractivity contribution in [3.63, 3.8) is 0 Å². The van der Waals surface area contributed by atoms with Crippen molar-refractivity contribution in [2.75, 3.05) is 0 Å². The Morgan fingerprint density at radius 3 is 1.40 bits per heavy atom. The average molecular weight is 346 g/mol. The standard InChI is InChI=1S/C12H10O4S4/c13-19(14)11-7-3-1-5-9(11)17-18-10-6-2-4-8-12(10)20(15)16/h1-8H,(H,13,14)(H,15,16). The minimum absolute atomic E-state index is 0.326. The van der Waals surface area contributed by atoms with Gasteiger partial charge in [0.05, 0.1) is 9.79 Å². The van der Waals surface area contributed by atoms with Crippen LogP contribution in [0.1, 0.15) is 0 Å². The van der Waals surface area contributed by atoms with Crippen LogP contribution in [0.25, 0.3) is 0 Å². The molecule has 0 radical (unpaired) electrons. The van der Waals surface area contributed by atoms with Crippen molar-refractivity contribution in [1.29, 1.82) is 0 Å². The highest BCUT2D eigenvalue weighted by Crippen LogP contribution is 2.41. The van der Waals surface area contributed by atoms with Crippen molar-refractivity contribution in [3.8, 4) is 0 Å². The summed E-state index contributed by atoms with van der Waals surface area (Å²) in [5.41, 5.74) is 0. The molecule has 0 aliphatic heterocycles. The molecule has 0 aliphatic rings. The fourth-order valence-corrected chi connectivity index (χ4v) is 5.44. The van der Waals surface area contributed by atoms with E-state index in [0.29, 0.717) is 19.6 Å². The minimum Gasteiger partial charge on any atom is -0.302 e. The van der Waals surface area contributed by atoms with Crippen LogP contribution >= 0.6 is 21.6 Å². The molecule has 0 heterocycles. The summed E-state index contributed by atoms with van der Waals surface area (Å²) in [6.45, 7) is 0. The summed E-state index contributed by atoms with van der Waals surface area (Å²) >= 11 is -4.11.